The molecular formula is C20H20ClN7O5S4. The number of oxime groups is 1. The number of fused-ring (bicyclic) bond motifs is 1. The molecule has 196 valence electrons. The quantitative estimate of drug-likeness (QED) is 0.0868. The summed E-state index contributed by atoms with van der Waals surface area (Å²) in [5, 5.41) is 24.2. The topological polar surface area (TPSA) is 197 Å². The van der Waals surface area contributed by atoms with Gasteiger partial charge in [-0.05, 0) is 12.1 Å². The van der Waals surface area contributed by atoms with Crippen molar-refractivity contribution in [2.75, 3.05) is 23.8 Å². The Morgan fingerprint density at radius 1 is 1.35 bits per heavy atom. The molecule has 0 radical (unpaired) electrons. The molecule has 0 spiro atoms. The van der Waals surface area contributed by atoms with Gasteiger partial charge in [-0.1, -0.05) is 45.9 Å². The van der Waals surface area contributed by atoms with Gasteiger partial charge in [0.15, 0.2) is 10.2 Å². The number of β-lactam (4-membered cyclic amide) rings is 1. The lowest BCUT2D eigenvalue weighted by Gasteiger charge is -2.49. The number of aromatic nitrogens is 2. The number of hydrogen-bond donors (Lipinski definition) is 5. The molecule has 12 nitrogen and oxygen atoms in total. The normalized spacial score (nSPS) is 19.5. The monoisotopic (exact) mass is 601 g/mol. The predicted octanol–water partition coefficient (Wildman–Crippen LogP) is 1.63. The number of carboxylic acids is 1. The molecule has 0 bridgehead atoms. The van der Waals surface area contributed by atoms with E-state index in [2.05, 4.69) is 20.4 Å². The number of carboxylic acid groups (broad SMARTS) is 1. The van der Waals surface area contributed by atoms with Crippen molar-refractivity contribution in [3.8, 4) is 0 Å². The van der Waals surface area contributed by atoms with Gasteiger partial charge < -0.3 is 27.1 Å². The number of nitrogens with two attached hydrogens (primary N) is 2. The number of carbonyl (C=O) groups excluding carboxylic acids is 2. The van der Waals surface area contributed by atoms with Crippen LogP contribution in [0.4, 0.5) is 5.82 Å². The molecule has 4 heterocycles. The Bertz CT molecular complexity index is 1300. The molecule has 2 amide bonds. The average Bonchev–Trinajstić information content (AvgIpc) is 3.21. The summed E-state index contributed by atoms with van der Waals surface area (Å²) in [6.07, 6.45) is 0. The van der Waals surface area contributed by atoms with E-state index in [0.717, 1.165) is 20.6 Å². The van der Waals surface area contributed by atoms with Gasteiger partial charge in [0, 0.05) is 28.7 Å². The molecule has 2 aromatic heterocycles. The van der Waals surface area contributed by atoms with Gasteiger partial charge >= 0.3 is 5.97 Å². The van der Waals surface area contributed by atoms with E-state index in [9.17, 15) is 24.7 Å². The molecule has 0 aliphatic carbocycles. The Morgan fingerprint density at radius 2 is 2.14 bits per heavy atom. The molecule has 1 saturated heterocycles. The number of thioether (sulfide) groups is 3. The van der Waals surface area contributed by atoms with Gasteiger partial charge in [-0.25, -0.2) is 14.8 Å². The number of nitrogens with zero attached hydrogens (tertiary/aromatic N) is 4. The Balaban J connectivity index is 1.52. The Labute approximate surface area is 232 Å². The van der Waals surface area contributed by atoms with Gasteiger partial charge in [-0.3, -0.25) is 14.5 Å². The van der Waals surface area contributed by atoms with Crippen LogP contribution < -0.4 is 16.8 Å². The maximum Gasteiger partial charge on any atom is 0.353 e. The fourth-order valence-electron chi connectivity index (χ4n) is 3.52. The second-order valence-electron chi connectivity index (χ2n) is 7.48. The van der Waals surface area contributed by atoms with Crippen molar-refractivity contribution in [2.24, 2.45) is 10.9 Å². The summed E-state index contributed by atoms with van der Waals surface area (Å²) >= 11 is 11.5. The van der Waals surface area contributed by atoms with Gasteiger partial charge in [0.1, 0.15) is 28.6 Å². The first-order chi connectivity index (χ1) is 17.7. The maximum absolute atomic E-state index is 13.0. The highest BCUT2D eigenvalue weighted by Gasteiger charge is 2.54. The Morgan fingerprint density at radius 3 is 2.81 bits per heavy atom. The summed E-state index contributed by atoms with van der Waals surface area (Å²) in [6, 6.07) is 3.45. The van der Waals surface area contributed by atoms with Crippen LogP contribution in [-0.2, 0) is 20.1 Å². The number of aliphatic carboxylic acids is 1. The summed E-state index contributed by atoms with van der Waals surface area (Å²) in [7, 11) is 0. The SMILES string of the molecule is NCCSCc1nc(Cl)sc1SC1=C(C(=O)O)N2C(=O)[C@@H](NC(=O)/C(=N\O)c3cccc(N)n3)C2SC1. The minimum Gasteiger partial charge on any atom is -0.477 e. The minimum atomic E-state index is -1.26. The number of nitrogen functional groups attached to an aromatic ring is 1. The fraction of sp³-hybridized carbons (Fsp3) is 0.300. The zero-order valence-corrected chi connectivity index (χ0v) is 22.8. The molecule has 2 aliphatic rings. The largest absolute Gasteiger partial charge is 0.477 e. The second kappa shape index (κ2) is 11.9. The van der Waals surface area contributed by atoms with Crippen LogP contribution in [0.3, 0.4) is 0 Å². The van der Waals surface area contributed by atoms with Crippen molar-refractivity contribution in [2.45, 2.75) is 21.4 Å². The molecule has 1 fully saturated rings. The van der Waals surface area contributed by atoms with Crippen molar-refractivity contribution in [3.63, 3.8) is 0 Å². The number of halogens is 1. The van der Waals surface area contributed by atoms with Crippen LogP contribution in [0.2, 0.25) is 4.47 Å². The third-order valence-corrected chi connectivity index (χ3v) is 10.1. The Hall–Kier alpha value is -2.50. The molecule has 7 N–H and O–H groups in total. The van der Waals surface area contributed by atoms with Gasteiger partial charge in [0.2, 0.25) is 0 Å². The number of pyridine rings is 1. The van der Waals surface area contributed by atoms with Gasteiger partial charge in [0.25, 0.3) is 11.8 Å². The van der Waals surface area contributed by atoms with Gasteiger partial charge in [-0.15, -0.1) is 11.8 Å². The molecule has 2 aliphatic heterocycles. The Kier molecular flexibility index (Phi) is 8.86. The van der Waals surface area contributed by atoms with Crippen molar-refractivity contribution < 1.29 is 24.7 Å². The third kappa shape index (κ3) is 5.83. The van der Waals surface area contributed by atoms with Gasteiger partial charge in [0.05, 0.1) is 9.90 Å². The average molecular weight is 602 g/mol. The van der Waals surface area contributed by atoms with E-state index < -0.39 is 34.9 Å². The number of amides is 2. The zero-order chi connectivity index (χ0) is 26.7. The first-order valence-electron chi connectivity index (χ1n) is 10.5. The zero-order valence-electron chi connectivity index (χ0n) is 18.8. The van der Waals surface area contributed by atoms with E-state index in [-0.39, 0.29) is 23.0 Å². The summed E-state index contributed by atoms with van der Waals surface area (Å²) in [5.41, 5.74) is 11.4. The number of thiazole rings is 1. The van der Waals surface area contributed by atoms with E-state index in [1.54, 1.807) is 11.8 Å². The number of anilines is 1. The highest BCUT2D eigenvalue weighted by Crippen LogP contribution is 2.47. The van der Waals surface area contributed by atoms with Crippen LogP contribution in [0.15, 0.2) is 38.2 Å². The number of carbonyl (C=O) groups is 3. The molecular weight excluding hydrogens is 582 g/mol. The highest BCUT2D eigenvalue weighted by molar-refractivity contribution is 8.07. The predicted molar refractivity (Wildman–Crippen MR) is 145 cm³/mol. The second-order valence-corrected chi connectivity index (χ2v) is 12.6. The molecule has 37 heavy (non-hydrogen) atoms. The maximum atomic E-state index is 13.0. The van der Waals surface area contributed by atoms with E-state index in [4.69, 9.17) is 23.1 Å². The minimum absolute atomic E-state index is 0.0216. The smallest absolute Gasteiger partial charge is 0.353 e. The van der Waals surface area contributed by atoms with Crippen molar-refractivity contribution in [1.29, 1.82) is 0 Å². The van der Waals surface area contributed by atoms with Crippen LogP contribution in [0.1, 0.15) is 11.4 Å². The van der Waals surface area contributed by atoms with Crippen molar-refractivity contribution in [1.82, 2.24) is 20.2 Å². The molecule has 4 rings (SSSR count). The molecule has 0 aromatic carbocycles. The van der Waals surface area contributed by atoms with E-state index in [1.165, 1.54) is 53.1 Å². The van der Waals surface area contributed by atoms with Crippen molar-refractivity contribution >= 4 is 87.5 Å². The van der Waals surface area contributed by atoms with Crippen LogP contribution >= 0.6 is 58.2 Å². The molecule has 2 atom stereocenters. The van der Waals surface area contributed by atoms with E-state index in [1.807, 2.05) is 0 Å². The molecule has 2 aromatic rings. The molecule has 0 saturated carbocycles. The fourth-order valence-corrected chi connectivity index (χ4v) is 8.51. The van der Waals surface area contributed by atoms with Crippen molar-refractivity contribution in [3.05, 3.63) is 44.7 Å². The number of nitrogens with one attached hydrogen (secondary N) is 1. The van der Waals surface area contributed by atoms with E-state index in [0.29, 0.717) is 21.7 Å². The summed E-state index contributed by atoms with van der Waals surface area (Å²) < 4.78 is 1.09. The first-order valence-corrected chi connectivity index (χ1v) is 14.7. The highest BCUT2D eigenvalue weighted by atomic mass is 35.5. The van der Waals surface area contributed by atoms with E-state index >= 15 is 0 Å². The first kappa shape index (κ1) is 27.5. The summed E-state index contributed by atoms with van der Waals surface area (Å²) in [4.78, 5) is 47.9. The van der Waals surface area contributed by atoms with Crippen LogP contribution in [0, 0.1) is 0 Å². The lowest BCUT2D eigenvalue weighted by Crippen LogP contribution is -2.71. The summed E-state index contributed by atoms with van der Waals surface area (Å²) in [5.74, 6) is -0.991. The van der Waals surface area contributed by atoms with Crippen LogP contribution in [-0.4, -0.2) is 78.1 Å². The van der Waals surface area contributed by atoms with Gasteiger partial charge in [-0.2, -0.15) is 11.8 Å². The molecule has 1 unspecified atom stereocenters. The third-order valence-electron chi connectivity index (χ3n) is 5.10. The standard InChI is InChI=1S/C20H20ClN7O5S4/c21-20-25-9(6-34-5-4-22)19(37-20)36-10-7-35-17-13(16(30)28(17)14(10)18(31)32)26-15(29)12(27-33)8-2-1-3-11(23)24-8/h1-3,13,17,33H,4-7,22H2,(H2,23,24)(H,26,29)(H,31,32)/b27-12-/t13-,17?/m1/s1. The summed E-state index contributed by atoms with van der Waals surface area (Å²) in [6.45, 7) is 0.522. The lowest BCUT2D eigenvalue weighted by molar-refractivity contribution is -0.150. The van der Waals surface area contributed by atoms with Crippen LogP contribution in [0.5, 0.6) is 0 Å². The molecule has 17 heteroatoms. The number of rotatable bonds is 10. The number of hydrogen-bond acceptors (Lipinski definition) is 13. The van der Waals surface area contributed by atoms with Crippen LogP contribution in [0.25, 0.3) is 0 Å². The lowest BCUT2D eigenvalue weighted by atomic mass is 10.0.